The second-order valence-electron chi connectivity index (χ2n) is 4.33. The smallest absolute Gasteiger partial charge is 0.323 e. The van der Waals surface area contributed by atoms with Crippen LogP contribution in [0.25, 0.3) is 0 Å². The van der Waals surface area contributed by atoms with Crippen molar-refractivity contribution in [1.82, 2.24) is 5.32 Å². The molecule has 0 saturated heterocycles. The van der Waals surface area contributed by atoms with Gasteiger partial charge in [-0.15, -0.1) is 0 Å². The first-order chi connectivity index (χ1) is 6.36. The molecule has 0 radical (unpaired) electrons. The molecule has 4 heteroatoms. The summed E-state index contributed by atoms with van der Waals surface area (Å²) in [7, 11) is 0. The summed E-state index contributed by atoms with van der Waals surface area (Å²) in [5.74, 6) is -0.330. The Morgan fingerprint density at radius 1 is 1.50 bits per heavy atom. The van der Waals surface area contributed by atoms with E-state index >= 15 is 0 Å². The summed E-state index contributed by atoms with van der Waals surface area (Å²) in [6, 6.07) is 0. The molecule has 0 heterocycles. The van der Waals surface area contributed by atoms with Gasteiger partial charge in [-0.1, -0.05) is 13.8 Å². The fourth-order valence-corrected chi connectivity index (χ4v) is 0.830. The van der Waals surface area contributed by atoms with Crippen LogP contribution in [0.5, 0.6) is 0 Å². The molecular weight excluding hydrogens is 182 g/mol. The lowest BCUT2D eigenvalue weighted by atomic mass is 10.1. The van der Waals surface area contributed by atoms with E-state index in [9.17, 15) is 4.79 Å². The second-order valence-corrected chi connectivity index (χ2v) is 4.33. The third-order valence-corrected chi connectivity index (χ3v) is 1.80. The van der Waals surface area contributed by atoms with Crippen molar-refractivity contribution in [3.05, 3.63) is 0 Å². The van der Waals surface area contributed by atoms with Crippen LogP contribution in [0.3, 0.4) is 0 Å². The van der Waals surface area contributed by atoms with Gasteiger partial charge < -0.3 is 15.2 Å². The van der Waals surface area contributed by atoms with Gasteiger partial charge in [0.2, 0.25) is 0 Å². The van der Waals surface area contributed by atoms with E-state index in [1.54, 1.807) is 13.8 Å². The van der Waals surface area contributed by atoms with Crippen LogP contribution in [0.1, 0.15) is 27.7 Å². The Kier molecular flexibility index (Phi) is 5.72. The number of nitrogens with one attached hydrogen (secondary N) is 1. The number of carboxylic acid groups (broad SMARTS) is 1. The van der Waals surface area contributed by atoms with E-state index < -0.39 is 11.5 Å². The molecule has 4 nitrogen and oxygen atoms in total. The molecule has 0 unspecified atom stereocenters. The number of carbonyl (C=O) groups is 1. The molecule has 14 heavy (non-hydrogen) atoms. The van der Waals surface area contributed by atoms with Gasteiger partial charge in [-0.25, -0.2) is 0 Å². The maximum absolute atomic E-state index is 10.7. The van der Waals surface area contributed by atoms with Crippen LogP contribution in [0.2, 0.25) is 0 Å². The van der Waals surface area contributed by atoms with Crippen LogP contribution in [0.4, 0.5) is 0 Å². The Labute approximate surface area is 85.6 Å². The quantitative estimate of drug-likeness (QED) is 0.609. The standard InChI is InChI=1S/C10H21NO3/c1-8(2)7-14-6-5-11-10(3,4)9(12)13/h8,11H,5-7H2,1-4H3,(H,12,13). The molecule has 0 aromatic carbocycles. The highest BCUT2D eigenvalue weighted by molar-refractivity contribution is 5.77. The molecule has 0 aliphatic rings. The maximum Gasteiger partial charge on any atom is 0.323 e. The van der Waals surface area contributed by atoms with Crippen molar-refractivity contribution in [2.24, 2.45) is 5.92 Å². The number of aliphatic carboxylic acids is 1. The minimum Gasteiger partial charge on any atom is -0.480 e. The van der Waals surface area contributed by atoms with Crippen LogP contribution in [0.15, 0.2) is 0 Å². The fraction of sp³-hybridized carbons (Fsp3) is 0.900. The van der Waals surface area contributed by atoms with Gasteiger partial charge in [-0.2, -0.15) is 0 Å². The lowest BCUT2D eigenvalue weighted by molar-refractivity contribution is -0.143. The van der Waals surface area contributed by atoms with Gasteiger partial charge in [0.1, 0.15) is 5.54 Å². The third kappa shape index (κ3) is 5.94. The molecular formula is C10H21NO3. The number of ether oxygens (including phenoxy) is 1. The molecule has 0 aliphatic carbocycles. The van der Waals surface area contributed by atoms with E-state index in [4.69, 9.17) is 9.84 Å². The maximum atomic E-state index is 10.7. The number of rotatable bonds is 7. The van der Waals surface area contributed by atoms with E-state index in [0.717, 1.165) is 6.61 Å². The van der Waals surface area contributed by atoms with Crippen LogP contribution >= 0.6 is 0 Å². The second kappa shape index (κ2) is 5.98. The van der Waals surface area contributed by atoms with E-state index in [1.807, 2.05) is 0 Å². The first kappa shape index (κ1) is 13.4. The van der Waals surface area contributed by atoms with Crippen molar-refractivity contribution < 1.29 is 14.6 Å². The number of hydrogen-bond acceptors (Lipinski definition) is 3. The van der Waals surface area contributed by atoms with Crippen molar-refractivity contribution >= 4 is 5.97 Å². The van der Waals surface area contributed by atoms with Crippen molar-refractivity contribution in [2.75, 3.05) is 19.8 Å². The topological polar surface area (TPSA) is 58.6 Å². The average Bonchev–Trinajstić information content (AvgIpc) is 2.02. The molecule has 0 saturated carbocycles. The average molecular weight is 203 g/mol. The molecule has 0 rings (SSSR count). The molecule has 0 amide bonds. The van der Waals surface area contributed by atoms with Crippen molar-refractivity contribution in [3.8, 4) is 0 Å². The van der Waals surface area contributed by atoms with Gasteiger partial charge >= 0.3 is 5.97 Å². The highest BCUT2D eigenvalue weighted by Gasteiger charge is 2.25. The zero-order valence-electron chi connectivity index (χ0n) is 9.46. The summed E-state index contributed by atoms with van der Waals surface area (Å²) in [6.07, 6.45) is 0. The molecule has 84 valence electrons. The first-order valence-electron chi connectivity index (χ1n) is 4.92. The zero-order valence-corrected chi connectivity index (χ0v) is 9.46. The Morgan fingerprint density at radius 2 is 2.07 bits per heavy atom. The summed E-state index contributed by atoms with van der Waals surface area (Å²) < 4.78 is 5.31. The highest BCUT2D eigenvalue weighted by atomic mass is 16.5. The summed E-state index contributed by atoms with van der Waals surface area (Å²) in [5, 5.41) is 11.7. The monoisotopic (exact) mass is 203 g/mol. The van der Waals surface area contributed by atoms with Gasteiger partial charge in [0, 0.05) is 13.2 Å². The van der Waals surface area contributed by atoms with E-state index in [2.05, 4.69) is 19.2 Å². The van der Waals surface area contributed by atoms with E-state index in [-0.39, 0.29) is 0 Å². The molecule has 0 atom stereocenters. The van der Waals surface area contributed by atoms with Crippen molar-refractivity contribution in [3.63, 3.8) is 0 Å². The normalized spacial score (nSPS) is 12.1. The predicted octanol–water partition coefficient (Wildman–Crippen LogP) is 1.11. The summed E-state index contributed by atoms with van der Waals surface area (Å²) in [4.78, 5) is 10.7. The number of carboxylic acids is 1. The summed E-state index contributed by atoms with van der Waals surface area (Å²) in [6.45, 7) is 9.26. The Balaban J connectivity index is 3.49. The molecule has 0 aromatic heterocycles. The lowest BCUT2D eigenvalue weighted by Crippen LogP contribution is -2.47. The van der Waals surface area contributed by atoms with Gasteiger partial charge in [-0.05, 0) is 19.8 Å². The van der Waals surface area contributed by atoms with Gasteiger partial charge in [0.05, 0.1) is 6.61 Å². The highest BCUT2D eigenvalue weighted by Crippen LogP contribution is 2.00. The van der Waals surface area contributed by atoms with E-state index in [0.29, 0.717) is 19.1 Å². The first-order valence-corrected chi connectivity index (χ1v) is 4.92. The summed E-state index contributed by atoms with van der Waals surface area (Å²) in [5.41, 5.74) is -0.874. The Morgan fingerprint density at radius 3 is 2.50 bits per heavy atom. The summed E-state index contributed by atoms with van der Waals surface area (Å²) >= 11 is 0. The van der Waals surface area contributed by atoms with Gasteiger partial charge in [-0.3, -0.25) is 4.79 Å². The predicted molar refractivity (Wildman–Crippen MR) is 55.4 cm³/mol. The third-order valence-electron chi connectivity index (χ3n) is 1.80. The lowest BCUT2D eigenvalue weighted by Gasteiger charge is -2.20. The molecule has 0 bridgehead atoms. The Hall–Kier alpha value is -0.610. The molecule has 0 fully saturated rings. The Bertz CT molecular complexity index is 178. The SMILES string of the molecule is CC(C)COCCNC(C)(C)C(=O)O. The molecule has 0 aliphatic heterocycles. The minimum absolute atomic E-state index is 0.516. The van der Waals surface area contributed by atoms with Gasteiger partial charge in [0.25, 0.3) is 0 Å². The van der Waals surface area contributed by atoms with Crippen molar-refractivity contribution in [1.29, 1.82) is 0 Å². The minimum atomic E-state index is -0.874. The van der Waals surface area contributed by atoms with Gasteiger partial charge in [0.15, 0.2) is 0 Å². The molecule has 0 aromatic rings. The fourth-order valence-electron chi connectivity index (χ4n) is 0.830. The molecule has 2 N–H and O–H groups in total. The van der Waals surface area contributed by atoms with Crippen LogP contribution in [-0.4, -0.2) is 36.4 Å². The molecule has 0 spiro atoms. The van der Waals surface area contributed by atoms with Crippen LogP contribution < -0.4 is 5.32 Å². The van der Waals surface area contributed by atoms with Crippen molar-refractivity contribution in [2.45, 2.75) is 33.2 Å². The zero-order chi connectivity index (χ0) is 11.2. The number of hydrogen-bond donors (Lipinski definition) is 2. The van der Waals surface area contributed by atoms with E-state index in [1.165, 1.54) is 0 Å². The van der Waals surface area contributed by atoms with Crippen LogP contribution in [-0.2, 0) is 9.53 Å². The largest absolute Gasteiger partial charge is 0.480 e. The van der Waals surface area contributed by atoms with Crippen LogP contribution in [0, 0.1) is 5.92 Å².